The summed E-state index contributed by atoms with van der Waals surface area (Å²) in [5, 5.41) is 12.7. The maximum atomic E-state index is 13.3. The Morgan fingerprint density at radius 2 is 1.66 bits per heavy atom. The highest BCUT2D eigenvalue weighted by atomic mass is 35.5. The summed E-state index contributed by atoms with van der Waals surface area (Å²) in [6, 6.07) is 13.5. The van der Waals surface area contributed by atoms with Crippen molar-refractivity contribution in [2.45, 2.75) is 57.8 Å². The van der Waals surface area contributed by atoms with Gasteiger partial charge in [-0.25, -0.2) is 0 Å². The minimum Gasteiger partial charge on any atom is -0.494 e. The fraction of sp³-hybridized carbons (Fsp3) is 0.464. The van der Waals surface area contributed by atoms with Gasteiger partial charge in [0.25, 0.3) is 5.91 Å². The number of carbonyl (C=O) groups is 1. The second-order valence-electron chi connectivity index (χ2n) is 10.0. The largest absolute Gasteiger partial charge is 0.494 e. The Labute approximate surface area is 212 Å². The summed E-state index contributed by atoms with van der Waals surface area (Å²) in [7, 11) is 0. The fourth-order valence-electron chi connectivity index (χ4n) is 5.37. The van der Waals surface area contributed by atoms with Gasteiger partial charge in [-0.05, 0) is 63.8 Å². The molecule has 0 spiro atoms. The zero-order valence-corrected chi connectivity index (χ0v) is 21.2. The van der Waals surface area contributed by atoms with E-state index < -0.39 is 0 Å². The number of amides is 1. The predicted molar refractivity (Wildman–Crippen MR) is 140 cm³/mol. The van der Waals surface area contributed by atoms with Crippen molar-refractivity contribution in [3.05, 3.63) is 59.2 Å². The molecule has 0 atom stereocenters. The lowest BCUT2D eigenvalue weighted by molar-refractivity contribution is -0.0647. The molecule has 7 heteroatoms. The smallest absolute Gasteiger partial charge is 0.253 e. The van der Waals surface area contributed by atoms with Crippen LogP contribution in [-0.4, -0.2) is 69.8 Å². The lowest BCUT2D eigenvalue weighted by Crippen LogP contribution is -2.45. The monoisotopic (exact) mass is 495 g/mol. The molecule has 186 valence electrons. The molecule has 35 heavy (non-hydrogen) atoms. The van der Waals surface area contributed by atoms with Crippen LogP contribution in [0.1, 0.15) is 49.9 Å². The van der Waals surface area contributed by atoms with Crippen LogP contribution in [0.25, 0.3) is 16.5 Å². The third-order valence-electron chi connectivity index (χ3n) is 7.46. The van der Waals surface area contributed by atoms with E-state index in [0.717, 1.165) is 49.8 Å². The minimum atomic E-state index is 0.0183. The molecule has 3 heterocycles. The van der Waals surface area contributed by atoms with Crippen molar-refractivity contribution in [1.29, 1.82) is 0 Å². The molecule has 0 aliphatic carbocycles. The first-order chi connectivity index (χ1) is 16.9. The Morgan fingerprint density at radius 3 is 2.31 bits per heavy atom. The van der Waals surface area contributed by atoms with E-state index in [1.54, 1.807) is 10.6 Å². The summed E-state index contributed by atoms with van der Waals surface area (Å²) < 4.78 is 8.09. The molecule has 2 aliphatic rings. The van der Waals surface area contributed by atoms with Crippen molar-refractivity contribution in [3.8, 4) is 11.6 Å². The first-order valence-corrected chi connectivity index (χ1v) is 13.1. The van der Waals surface area contributed by atoms with Gasteiger partial charge in [0, 0.05) is 55.1 Å². The number of likely N-dealkylation sites (tertiary alicyclic amines) is 2. The van der Waals surface area contributed by atoms with Crippen LogP contribution in [0.3, 0.4) is 0 Å². The Balaban J connectivity index is 1.21. The normalized spacial score (nSPS) is 18.6. The van der Waals surface area contributed by atoms with Crippen molar-refractivity contribution in [2.75, 3.05) is 26.2 Å². The molecule has 3 aromatic rings. The van der Waals surface area contributed by atoms with E-state index >= 15 is 0 Å². The molecule has 2 saturated heterocycles. The highest BCUT2D eigenvalue weighted by molar-refractivity contribution is 6.36. The number of aromatic hydroxyl groups is 1. The Hall–Kier alpha value is -2.54. The van der Waals surface area contributed by atoms with Gasteiger partial charge in [0.1, 0.15) is 0 Å². The van der Waals surface area contributed by atoms with Crippen LogP contribution >= 0.6 is 11.6 Å². The topological polar surface area (TPSA) is 57.9 Å². The molecule has 2 aromatic carbocycles. The summed E-state index contributed by atoms with van der Waals surface area (Å²) in [4.78, 5) is 17.7. The Morgan fingerprint density at radius 1 is 1.00 bits per heavy atom. The molecule has 1 amide bonds. The number of hydrogen-bond acceptors (Lipinski definition) is 4. The molecule has 1 aromatic heterocycles. The molecule has 2 aliphatic heterocycles. The first-order valence-electron chi connectivity index (χ1n) is 12.7. The number of piperidine rings is 2. The van der Waals surface area contributed by atoms with E-state index in [1.807, 2.05) is 47.5 Å². The summed E-state index contributed by atoms with van der Waals surface area (Å²) >= 11 is 6.29. The third kappa shape index (κ3) is 5.06. The van der Waals surface area contributed by atoms with Crippen molar-refractivity contribution < 1.29 is 14.6 Å². The van der Waals surface area contributed by atoms with Crippen molar-refractivity contribution in [1.82, 2.24) is 14.4 Å². The predicted octanol–water partition coefficient (Wildman–Crippen LogP) is 5.48. The summed E-state index contributed by atoms with van der Waals surface area (Å²) in [6.45, 7) is 8.12. The van der Waals surface area contributed by atoms with Crippen molar-refractivity contribution in [3.63, 3.8) is 0 Å². The van der Waals surface area contributed by atoms with Gasteiger partial charge in [0.2, 0.25) is 5.88 Å². The number of ether oxygens (including phenoxy) is 1. The molecular weight excluding hydrogens is 462 g/mol. The number of hydrogen-bond donors (Lipinski definition) is 1. The maximum Gasteiger partial charge on any atom is 0.253 e. The van der Waals surface area contributed by atoms with Crippen LogP contribution in [0.15, 0.2) is 48.7 Å². The zero-order chi connectivity index (χ0) is 24.5. The van der Waals surface area contributed by atoms with E-state index in [9.17, 15) is 9.90 Å². The molecule has 5 rings (SSSR count). The van der Waals surface area contributed by atoms with Crippen molar-refractivity contribution >= 4 is 28.3 Å². The maximum absolute atomic E-state index is 13.3. The standard InChI is InChI=1S/C28H34ClN3O3/c1-19(2)30-13-9-23(10-14-30)35-24-11-15-31(16-12-24)27(33)20-5-3-7-22(17-20)32-18-21-6-4-8-25(29)26(21)28(32)34/h3-8,17-19,23-24,34H,9-16H2,1-2H3. The van der Waals surface area contributed by atoms with Crippen molar-refractivity contribution in [2.24, 2.45) is 0 Å². The lowest BCUT2D eigenvalue weighted by atomic mass is 10.0. The Bertz CT molecular complexity index is 1190. The van der Waals surface area contributed by atoms with Crippen LogP contribution in [0.4, 0.5) is 0 Å². The highest BCUT2D eigenvalue weighted by Crippen LogP contribution is 2.35. The number of halogens is 1. The van der Waals surface area contributed by atoms with Gasteiger partial charge in [0.05, 0.1) is 22.6 Å². The van der Waals surface area contributed by atoms with Crippen LogP contribution in [0, 0.1) is 0 Å². The minimum absolute atomic E-state index is 0.0183. The van der Waals surface area contributed by atoms with Gasteiger partial charge in [-0.15, -0.1) is 0 Å². The number of benzene rings is 2. The van der Waals surface area contributed by atoms with Gasteiger partial charge >= 0.3 is 0 Å². The molecular formula is C28H34ClN3O3. The first kappa shape index (κ1) is 24.2. The SMILES string of the molecule is CC(C)N1CCC(OC2CCN(C(=O)c3cccc(-n4cc5cccc(Cl)c5c4O)c3)CC2)CC1. The van der Waals surface area contributed by atoms with E-state index in [4.69, 9.17) is 16.3 Å². The fourth-order valence-corrected chi connectivity index (χ4v) is 5.63. The third-order valence-corrected chi connectivity index (χ3v) is 7.77. The molecule has 0 saturated carbocycles. The zero-order valence-electron chi connectivity index (χ0n) is 20.5. The van der Waals surface area contributed by atoms with Crippen LogP contribution < -0.4 is 0 Å². The molecule has 2 fully saturated rings. The summed E-state index contributed by atoms with van der Waals surface area (Å²) in [6.07, 6.45) is 6.35. The number of rotatable bonds is 5. The number of fused-ring (bicyclic) bond motifs is 1. The molecule has 0 bridgehead atoms. The van der Waals surface area contributed by atoms with E-state index in [0.29, 0.717) is 41.2 Å². The van der Waals surface area contributed by atoms with E-state index in [-0.39, 0.29) is 17.9 Å². The number of nitrogens with zero attached hydrogens (tertiary/aromatic N) is 3. The number of aromatic nitrogens is 1. The average molecular weight is 496 g/mol. The average Bonchev–Trinajstić information content (AvgIpc) is 3.22. The number of carbonyl (C=O) groups excluding carboxylic acids is 1. The van der Waals surface area contributed by atoms with Gasteiger partial charge in [-0.3, -0.25) is 9.36 Å². The molecule has 0 radical (unpaired) electrons. The van der Waals surface area contributed by atoms with Gasteiger partial charge in [0.15, 0.2) is 0 Å². The van der Waals surface area contributed by atoms with E-state index in [1.165, 1.54) is 0 Å². The quantitative estimate of drug-likeness (QED) is 0.509. The Kier molecular flexibility index (Phi) is 7.05. The molecule has 6 nitrogen and oxygen atoms in total. The molecule has 0 unspecified atom stereocenters. The lowest BCUT2D eigenvalue weighted by Gasteiger charge is -2.38. The second-order valence-corrected chi connectivity index (χ2v) is 10.4. The van der Waals surface area contributed by atoms with Gasteiger partial charge in [-0.2, -0.15) is 0 Å². The highest BCUT2D eigenvalue weighted by Gasteiger charge is 2.28. The van der Waals surface area contributed by atoms with E-state index in [2.05, 4.69) is 18.7 Å². The summed E-state index contributed by atoms with van der Waals surface area (Å²) in [5.74, 6) is 0.0946. The summed E-state index contributed by atoms with van der Waals surface area (Å²) in [5.41, 5.74) is 1.35. The van der Waals surface area contributed by atoms with Crippen LogP contribution in [0.2, 0.25) is 5.02 Å². The second kappa shape index (κ2) is 10.2. The van der Waals surface area contributed by atoms with Crippen LogP contribution in [-0.2, 0) is 4.74 Å². The van der Waals surface area contributed by atoms with Gasteiger partial charge in [-0.1, -0.05) is 29.8 Å². The van der Waals surface area contributed by atoms with Crippen LogP contribution in [0.5, 0.6) is 5.88 Å². The molecule has 1 N–H and O–H groups in total. The van der Waals surface area contributed by atoms with Gasteiger partial charge < -0.3 is 19.6 Å².